The van der Waals surface area contributed by atoms with Gasteiger partial charge in [0.05, 0.1) is 29.3 Å². The molecule has 2 N–H and O–H groups in total. The first-order valence-electron chi connectivity index (χ1n) is 8.76. The lowest BCUT2D eigenvalue weighted by molar-refractivity contribution is -0.124. The van der Waals surface area contributed by atoms with Crippen LogP contribution in [0.4, 0.5) is 0 Å². The van der Waals surface area contributed by atoms with Gasteiger partial charge in [0, 0.05) is 23.1 Å². The van der Waals surface area contributed by atoms with Crippen LogP contribution in [0.2, 0.25) is 5.02 Å². The van der Waals surface area contributed by atoms with E-state index < -0.39 is 5.91 Å². The highest BCUT2D eigenvalue weighted by Crippen LogP contribution is 2.29. The fourth-order valence-electron chi connectivity index (χ4n) is 2.76. The minimum atomic E-state index is -0.440. The second-order valence-electron chi connectivity index (χ2n) is 6.30. The maximum Gasteiger partial charge on any atom is 0.270 e. The molecule has 0 aliphatic rings. The number of amides is 2. The van der Waals surface area contributed by atoms with Gasteiger partial charge in [0.15, 0.2) is 0 Å². The standard InChI is InChI=1S/C21H20ClN3O3/c1-13(28-2)11-20(26)24-25-21(27)16-12-19(15-8-3-5-9-17(15)22)23-18-10-6-4-7-14(16)18/h3-10,12-13H,11H2,1-2H3,(H,24,26)(H,25,27). The van der Waals surface area contributed by atoms with E-state index in [2.05, 4.69) is 15.8 Å². The van der Waals surface area contributed by atoms with Crippen LogP contribution in [0, 0.1) is 0 Å². The minimum absolute atomic E-state index is 0.138. The molecule has 28 heavy (non-hydrogen) atoms. The van der Waals surface area contributed by atoms with Gasteiger partial charge >= 0.3 is 0 Å². The number of para-hydroxylation sites is 1. The molecule has 0 spiro atoms. The monoisotopic (exact) mass is 397 g/mol. The number of ether oxygens (including phenoxy) is 1. The summed E-state index contributed by atoms with van der Waals surface area (Å²) in [6, 6.07) is 16.3. The number of nitrogens with zero attached hydrogens (tertiary/aromatic N) is 1. The lowest BCUT2D eigenvalue weighted by atomic mass is 10.0. The second-order valence-corrected chi connectivity index (χ2v) is 6.71. The lowest BCUT2D eigenvalue weighted by Gasteiger charge is -2.13. The normalized spacial score (nSPS) is 11.8. The molecule has 3 aromatic rings. The third kappa shape index (κ3) is 4.47. The number of pyridine rings is 1. The average molecular weight is 398 g/mol. The number of methoxy groups -OCH3 is 1. The maximum absolute atomic E-state index is 12.8. The first kappa shape index (κ1) is 19.8. The molecule has 0 fully saturated rings. The third-order valence-corrected chi connectivity index (χ3v) is 4.63. The summed E-state index contributed by atoms with van der Waals surface area (Å²) >= 11 is 6.30. The van der Waals surface area contributed by atoms with Gasteiger partial charge in [-0.2, -0.15) is 0 Å². The zero-order valence-electron chi connectivity index (χ0n) is 15.5. The SMILES string of the molecule is COC(C)CC(=O)NNC(=O)c1cc(-c2ccccc2Cl)nc2ccccc12. The van der Waals surface area contributed by atoms with Gasteiger partial charge in [-0.1, -0.05) is 48.0 Å². The molecule has 7 heteroatoms. The molecule has 2 amide bonds. The molecule has 1 aromatic heterocycles. The van der Waals surface area contributed by atoms with Crippen LogP contribution in [-0.4, -0.2) is 30.0 Å². The van der Waals surface area contributed by atoms with E-state index in [1.54, 1.807) is 19.1 Å². The van der Waals surface area contributed by atoms with E-state index in [0.29, 0.717) is 27.2 Å². The highest BCUT2D eigenvalue weighted by molar-refractivity contribution is 6.33. The van der Waals surface area contributed by atoms with Crippen LogP contribution < -0.4 is 10.9 Å². The van der Waals surface area contributed by atoms with Gasteiger partial charge in [-0.3, -0.25) is 20.4 Å². The zero-order chi connectivity index (χ0) is 20.1. The Balaban J connectivity index is 1.92. The molecule has 0 bridgehead atoms. The Morgan fingerprint density at radius 1 is 1.11 bits per heavy atom. The van der Waals surface area contributed by atoms with Crippen LogP contribution in [0.1, 0.15) is 23.7 Å². The van der Waals surface area contributed by atoms with Crippen molar-refractivity contribution in [2.75, 3.05) is 7.11 Å². The molecular weight excluding hydrogens is 378 g/mol. The van der Waals surface area contributed by atoms with Gasteiger partial charge in [-0.05, 0) is 25.1 Å². The summed E-state index contributed by atoms with van der Waals surface area (Å²) in [5.74, 6) is -0.780. The molecule has 144 valence electrons. The molecule has 0 aliphatic heterocycles. The molecule has 0 saturated heterocycles. The summed E-state index contributed by atoms with van der Waals surface area (Å²) in [7, 11) is 1.52. The Morgan fingerprint density at radius 2 is 1.82 bits per heavy atom. The molecule has 0 saturated carbocycles. The number of hydrogen-bond donors (Lipinski definition) is 2. The van der Waals surface area contributed by atoms with Crippen LogP contribution in [-0.2, 0) is 9.53 Å². The fourth-order valence-corrected chi connectivity index (χ4v) is 2.99. The van der Waals surface area contributed by atoms with Crippen LogP contribution in [0.25, 0.3) is 22.2 Å². The first-order chi connectivity index (χ1) is 13.5. The van der Waals surface area contributed by atoms with Crippen LogP contribution in [0.5, 0.6) is 0 Å². The minimum Gasteiger partial charge on any atom is -0.381 e. The van der Waals surface area contributed by atoms with E-state index in [9.17, 15) is 9.59 Å². The number of nitrogens with one attached hydrogen (secondary N) is 2. The Kier molecular flexibility index (Phi) is 6.23. The van der Waals surface area contributed by atoms with Crippen LogP contribution >= 0.6 is 11.6 Å². The number of halogens is 1. The molecule has 3 rings (SSSR count). The highest BCUT2D eigenvalue weighted by Gasteiger charge is 2.16. The number of hydrazine groups is 1. The van der Waals surface area contributed by atoms with Gasteiger partial charge in [-0.15, -0.1) is 0 Å². The Bertz CT molecular complexity index is 1020. The van der Waals surface area contributed by atoms with Crippen molar-refractivity contribution in [3.63, 3.8) is 0 Å². The van der Waals surface area contributed by atoms with Gasteiger partial charge in [0.1, 0.15) is 0 Å². The fraction of sp³-hybridized carbons (Fsp3) is 0.190. The molecule has 0 radical (unpaired) electrons. The highest BCUT2D eigenvalue weighted by atomic mass is 35.5. The van der Waals surface area contributed by atoms with Gasteiger partial charge in [0.2, 0.25) is 5.91 Å². The number of carbonyl (C=O) groups is 2. The summed E-state index contributed by atoms with van der Waals surface area (Å²) in [4.78, 5) is 29.3. The summed E-state index contributed by atoms with van der Waals surface area (Å²) in [5.41, 5.74) is 7.22. The average Bonchev–Trinajstić information content (AvgIpc) is 2.71. The van der Waals surface area contributed by atoms with E-state index in [-0.39, 0.29) is 18.4 Å². The molecule has 6 nitrogen and oxygen atoms in total. The van der Waals surface area contributed by atoms with E-state index >= 15 is 0 Å². The maximum atomic E-state index is 12.8. The van der Waals surface area contributed by atoms with Gasteiger partial charge < -0.3 is 4.74 Å². The summed E-state index contributed by atoms with van der Waals surface area (Å²) in [5, 5.41) is 1.22. The van der Waals surface area contributed by atoms with E-state index in [1.165, 1.54) is 7.11 Å². The number of benzene rings is 2. The van der Waals surface area contributed by atoms with Crippen molar-refractivity contribution >= 4 is 34.3 Å². The Morgan fingerprint density at radius 3 is 2.57 bits per heavy atom. The van der Waals surface area contributed by atoms with Crippen molar-refractivity contribution in [1.82, 2.24) is 15.8 Å². The van der Waals surface area contributed by atoms with Crippen molar-refractivity contribution in [2.45, 2.75) is 19.4 Å². The van der Waals surface area contributed by atoms with Crippen molar-refractivity contribution < 1.29 is 14.3 Å². The summed E-state index contributed by atoms with van der Waals surface area (Å²) in [6.45, 7) is 1.77. The number of carbonyl (C=O) groups excluding carboxylic acids is 2. The molecule has 0 aliphatic carbocycles. The Labute approximate surface area is 167 Å². The first-order valence-corrected chi connectivity index (χ1v) is 9.14. The largest absolute Gasteiger partial charge is 0.381 e. The molecule has 2 aromatic carbocycles. The smallest absolute Gasteiger partial charge is 0.270 e. The lowest BCUT2D eigenvalue weighted by Crippen LogP contribution is -2.42. The number of hydrogen-bond acceptors (Lipinski definition) is 4. The van der Waals surface area contributed by atoms with Crippen LogP contribution in [0.15, 0.2) is 54.6 Å². The summed E-state index contributed by atoms with van der Waals surface area (Å²) < 4.78 is 5.05. The van der Waals surface area contributed by atoms with Crippen LogP contribution in [0.3, 0.4) is 0 Å². The van der Waals surface area contributed by atoms with E-state index in [0.717, 1.165) is 5.56 Å². The van der Waals surface area contributed by atoms with Gasteiger partial charge in [0.25, 0.3) is 5.91 Å². The molecule has 1 heterocycles. The zero-order valence-corrected chi connectivity index (χ0v) is 16.3. The van der Waals surface area contributed by atoms with Crippen molar-refractivity contribution in [1.29, 1.82) is 0 Å². The Hall–Kier alpha value is -2.96. The predicted molar refractivity (Wildman–Crippen MR) is 109 cm³/mol. The molecule has 1 unspecified atom stereocenters. The molecule has 1 atom stereocenters. The van der Waals surface area contributed by atoms with E-state index in [1.807, 2.05) is 42.5 Å². The number of rotatable bonds is 5. The molecular formula is C21H20ClN3O3. The topological polar surface area (TPSA) is 80.3 Å². The van der Waals surface area contributed by atoms with Gasteiger partial charge in [-0.25, -0.2) is 4.98 Å². The third-order valence-electron chi connectivity index (χ3n) is 4.30. The van der Waals surface area contributed by atoms with E-state index in [4.69, 9.17) is 16.3 Å². The van der Waals surface area contributed by atoms with Crippen molar-refractivity contribution in [3.8, 4) is 11.3 Å². The summed E-state index contributed by atoms with van der Waals surface area (Å²) in [6.07, 6.45) is -0.107. The quantitative estimate of drug-likeness (QED) is 0.642. The number of aromatic nitrogens is 1. The van der Waals surface area contributed by atoms with Crippen molar-refractivity contribution in [3.05, 3.63) is 65.2 Å². The predicted octanol–water partition coefficient (Wildman–Crippen LogP) is 3.74. The van der Waals surface area contributed by atoms with Crippen molar-refractivity contribution in [2.24, 2.45) is 0 Å². The number of fused-ring (bicyclic) bond motifs is 1. The second kappa shape index (κ2) is 8.82.